The van der Waals surface area contributed by atoms with Gasteiger partial charge in [-0.2, -0.15) is 8.42 Å². The summed E-state index contributed by atoms with van der Waals surface area (Å²) in [6.45, 7) is 0. The molecule has 0 rings (SSSR count). The van der Waals surface area contributed by atoms with E-state index in [1.54, 1.807) is 0 Å². The van der Waals surface area contributed by atoms with E-state index in [1.165, 1.54) is 0 Å². The first kappa shape index (κ1) is 51.5. The molecule has 4 nitrogen and oxygen atoms in total. The molecule has 0 saturated heterocycles. The molecule has 0 spiro atoms. The third kappa shape index (κ3) is 278. The van der Waals surface area contributed by atoms with Crippen molar-refractivity contribution in [2.75, 3.05) is 0 Å². The molecule has 0 bridgehead atoms. The average Bonchev–Trinajstić information content (AvgIpc) is 0.722. The van der Waals surface area contributed by atoms with Crippen LogP contribution in [0.5, 0.6) is 0 Å². The average molecular weight is 254 g/mol. The molecule has 0 unspecified atom stereocenters. The van der Waals surface area contributed by atoms with Crippen molar-refractivity contribution < 1.29 is 36.3 Å². The van der Waals surface area contributed by atoms with E-state index in [1.807, 2.05) is 0 Å². The van der Waals surface area contributed by atoms with E-state index in [4.69, 9.17) is 17.5 Å². The summed E-state index contributed by atoms with van der Waals surface area (Å²) in [4.78, 5) is 0. The number of halogens is 4. The number of rotatable bonds is 0. The fourth-order valence-corrected chi connectivity index (χ4v) is 0. The zero-order valence-corrected chi connectivity index (χ0v) is 10.3. The molecule has 64 valence electrons. The van der Waals surface area contributed by atoms with Crippen LogP contribution in [0.25, 0.3) is 0 Å². The summed E-state index contributed by atoms with van der Waals surface area (Å²) in [6, 6.07) is 0. The van der Waals surface area contributed by atoms with Gasteiger partial charge in [-0.25, -0.2) is 0 Å². The largest absolute Gasteiger partial charge is 2.00 e. The normalized spacial score (nSPS) is 5.27. The molecule has 0 aliphatic carbocycles. The Hall–Kier alpha value is 2.11. The Labute approximate surface area is 120 Å². The van der Waals surface area contributed by atoms with E-state index in [-0.39, 0.29) is 94.3 Å². The van der Waals surface area contributed by atoms with E-state index in [9.17, 15) is 0 Å². The molecule has 0 amide bonds. The van der Waals surface area contributed by atoms with Gasteiger partial charge in [0.1, 0.15) is 0 Å². The minimum Gasteiger partial charge on any atom is -1.00 e. The third-order valence-corrected chi connectivity index (χ3v) is 0. The molecule has 0 aliphatic heterocycles. The van der Waals surface area contributed by atoms with Crippen LogP contribution < -0.4 is 18.8 Å². The van der Waals surface area contributed by atoms with Crippen molar-refractivity contribution in [3.63, 3.8) is 0 Å². The molecule has 11 heavy (non-hydrogen) atoms. The van der Waals surface area contributed by atoms with Crippen molar-refractivity contribution >= 4 is 85.9 Å². The Morgan fingerprint density at radius 2 is 0.727 bits per heavy atom. The Morgan fingerprint density at radius 1 is 0.727 bits per heavy atom. The molecule has 0 fully saturated rings. The SMILES string of the molecule is O=S(=O)(O)O.[Ca+2].[Ca+2].[F-].[F-].[F-].[F-]. The van der Waals surface area contributed by atoms with Crippen molar-refractivity contribution in [3.05, 3.63) is 0 Å². The van der Waals surface area contributed by atoms with E-state index in [2.05, 4.69) is 0 Å². The minimum atomic E-state index is -4.67. The molecule has 0 aromatic rings. The van der Waals surface area contributed by atoms with Crippen molar-refractivity contribution in [1.29, 1.82) is 0 Å². The zero-order chi connectivity index (χ0) is 4.50. The van der Waals surface area contributed by atoms with Crippen LogP contribution in [-0.2, 0) is 10.4 Å². The Balaban J connectivity index is -0.00000000533. The molecule has 2 N–H and O–H groups in total. The molecular formula is H2Ca2F4O4S. The van der Waals surface area contributed by atoms with Gasteiger partial charge >= 0.3 is 85.9 Å². The Bertz CT molecular complexity index is 103. The van der Waals surface area contributed by atoms with Crippen LogP contribution in [-0.4, -0.2) is 93.0 Å². The van der Waals surface area contributed by atoms with Gasteiger partial charge in [0.2, 0.25) is 0 Å². The quantitative estimate of drug-likeness (QED) is 0.256. The van der Waals surface area contributed by atoms with Gasteiger partial charge in [0.05, 0.1) is 0 Å². The van der Waals surface area contributed by atoms with Gasteiger partial charge in [0, 0.05) is 0 Å². The molecule has 0 atom stereocenters. The molecule has 11 heteroatoms. The smallest absolute Gasteiger partial charge is 1.00 e. The van der Waals surface area contributed by atoms with Gasteiger partial charge in [-0.1, -0.05) is 0 Å². The number of hydrogen-bond acceptors (Lipinski definition) is 2. The molecule has 0 saturated carbocycles. The topological polar surface area (TPSA) is 74.6 Å². The van der Waals surface area contributed by atoms with Crippen LogP contribution in [0.3, 0.4) is 0 Å². The van der Waals surface area contributed by atoms with E-state index in [0.717, 1.165) is 0 Å². The van der Waals surface area contributed by atoms with Crippen LogP contribution >= 0.6 is 0 Å². The minimum absolute atomic E-state index is 0. The van der Waals surface area contributed by atoms with E-state index < -0.39 is 10.4 Å². The Kier molecular flexibility index (Phi) is 106. The van der Waals surface area contributed by atoms with Crippen molar-refractivity contribution in [1.82, 2.24) is 0 Å². The molecule has 0 aliphatic rings. The summed E-state index contributed by atoms with van der Waals surface area (Å²) in [5.41, 5.74) is 0. The zero-order valence-electron chi connectivity index (χ0n) is 5.05. The summed E-state index contributed by atoms with van der Waals surface area (Å²) in [5, 5.41) is 0. The van der Waals surface area contributed by atoms with Gasteiger partial charge in [-0.15, -0.1) is 0 Å². The fourth-order valence-electron chi connectivity index (χ4n) is 0. The van der Waals surface area contributed by atoms with E-state index in [0.29, 0.717) is 0 Å². The molecule has 0 radical (unpaired) electrons. The second-order valence-electron chi connectivity index (χ2n) is 0.448. The summed E-state index contributed by atoms with van der Waals surface area (Å²) in [6.07, 6.45) is 0. The first-order valence-electron chi connectivity index (χ1n) is 0.698. The van der Waals surface area contributed by atoms with Gasteiger partial charge in [0.15, 0.2) is 0 Å². The number of hydrogen-bond donors (Lipinski definition) is 2. The van der Waals surface area contributed by atoms with Crippen molar-refractivity contribution in [2.45, 2.75) is 0 Å². The van der Waals surface area contributed by atoms with Crippen molar-refractivity contribution in [3.8, 4) is 0 Å². The predicted octanol–water partition coefficient (Wildman–Crippen LogP) is -13.4. The third-order valence-electron chi connectivity index (χ3n) is 0. The second-order valence-corrected chi connectivity index (χ2v) is 1.34. The van der Waals surface area contributed by atoms with Gasteiger partial charge in [-0.05, 0) is 0 Å². The first-order valence-corrected chi connectivity index (χ1v) is 2.10. The van der Waals surface area contributed by atoms with Crippen LogP contribution in [0.15, 0.2) is 0 Å². The summed E-state index contributed by atoms with van der Waals surface area (Å²) < 4.78 is 31.6. The molecule has 0 aromatic heterocycles. The second kappa shape index (κ2) is 22.7. The van der Waals surface area contributed by atoms with Crippen LogP contribution in [0.4, 0.5) is 0 Å². The fraction of sp³-hybridized carbons (Fsp3) is 0. The maximum Gasteiger partial charge on any atom is 2.00 e. The van der Waals surface area contributed by atoms with Gasteiger partial charge in [0.25, 0.3) is 0 Å². The van der Waals surface area contributed by atoms with E-state index >= 15 is 0 Å². The molecular weight excluding hydrogens is 252 g/mol. The van der Waals surface area contributed by atoms with Gasteiger partial charge < -0.3 is 18.8 Å². The standard InChI is InChI=1S/2Ca.4FH.H2O4S/c;;;;;;1-5(2,3)4/h;;4*1H;(H2,1,2,3,4)/q2*+2;;;;;/p-4. The Morgan fingerprint density at radius 3 is 0.727 bits per heavy atom. The van der Waals surface area contributed by atoms with Gasteiger partial charge in [-0.3, -0.25) is 9.11 Å². The summed E-state index contributed by atoms with van der Waals surface area (Å²) in [5.74, 6) is 0. The van der Waals surface area contributed by atoms with Crippen molar-refractivity contribution in [2.24, 2.45) is 0 Å². The maximum absolute atomic E-state index is 8.74. The van der Waals surface area contributed by atoms with Crippen LogP contribution in [0.1, 0.15) is 0 Å². The summed E-state index contributed by atoms with van der Waals surface area (Å²) in [7, 11) is -4.67. The monoisotopic (exact) mass is 254 g/mol. The maximum atomic E-state index is 8.74. The first-order chi connectivity index (χ1) is 2.00. The molecule has 0 aromatic carbocycles. The predicted molar refractivity (Wildman–Crippen MR) is 25.7 cm³/mol. The van der Waals surface area contributed by atoms with Crippen LogP contribution in [0.2, 0.25) is 0 Å². The summed E-state index contributed by atoms with van der Waals surface area (Å²) >= 11 is 0. The molecule has 0 heterocycles. The van der Waals surface area contributed by atoms with Crippen LogP contribution in [0, 0.1) is 0 Å².